The monoisotopic (exact) mass is 328 g/mol. The van der Waals surface area contributed by atoms with Gasteiger partial charge in [-0.2, -0.15) is 13.2 Å². The molecule has 2 aromatic heterocycles. The molecule has 0 atom stereocenters. The SMILES string of the molecule is O=c1[nH]c2ccccc2c2[nH]c(-c3ccc(C(F)(F)F)cc3)cc12. The highest BCUT2D eigenvalue weighted by Crippen LogP contribution is 2.32. The molecule has 120 valence electrons. The lowest BCUT2D eigenvalue weighted by Crippen LogP contribution is -2.04. The van der Waals surface area contributed by atoms with E-state index < -0.39 is 11.7 Å². The Bertz CT molecular complexity index is 1110. The van der Waals surface area contributed by atoms with Gasteiger partial charge in [-0.05, 0) is 29.8 Å². The van der Waals surface area contributed by atoms with Gasteiger partial charge in [0, 0.05) is 11.1 Å². The van der Waals surface area contributed by atoms with E-state index in [0.29, 0.717) is 27.7 Å². The molecular weight excluding hydrogens is 317 g/mol. The fourth-order valence-corrected chi connectivity index (χ4v) is 2.84. The number of H-pyrrole nitrogens is 2. The van der Waals surface area contributed by atoms with Gasteiger partial charge in [0.2, 0.25) is 0 Å². The fraction of sp³-hybridized carbons (Fsp3) is 0.0556. The lowest BCUT2D eigenvalue weighted by molar-refractivity contribution is -0.137. The molecule has 4 rings (SSSR count). The van der Waals surface area contributed by atoms with E-state index in [4.69, 9.17) is 0 Å². The van der Waals surface area contributed by atoms with Crippen LogP contribution in [0.25, 0.3) is 33.1 Å². The zero-order valence-electron chi connectivity index (χ0n) is 12.2. The van der Waals surface area contributed by atoms with Crippen LogP contribution in [0.1, 0.15) is 5.56 Å². The van der Waals surface area contributed by atoms with Crippen molar-refractivity contribution in [3.63, 3.8) is 0 Å². The van der Waals surface area contributed by atoms with Crippen LogP contribution in [0.3, 0.4) is 0 Å². The smallest absolute Gasteiger partial charge is 0.354 e. The maximum atomic E-state index is 12.7. The molecule has 2 aromatic carbocycles. The normalized spacial score (nSPS) is 12.1. The zero-order chi connectivity index (χ0) is 16.9. The molecule has 2 N–H and O–H groups in total. The van der Waals surface area contributed by atoms with Gasteiger partial charge < -0.3 is 9.97 Å². The minimum Gasteiger partial charge on any atom is -0.354 e. The van der Waals surface area contributed by atoms with E-state index in [1.807, 2.05) is 18.2 Å². The average Bonchev–Trinajstić information content (AvgIpc) is 3.00. The third-order valence-corrected chi connectivity index (χ3v) is 4.03. The number of rotatable bonds is 1. The maximum absolute atomic E-state index is 12.7. The molecule has 0 bridgehead atoms. The molecule has 2 heterocycles. The second-order valence-electron chi connectivity index (χ2n) is 5.55. The minimum atomic E-state index is -4.37. The molecule has 6 heteroatoms. The first-order chi connectivity index (χ1) is 11.4. The van der Waals surface area contributed by atoms with Gasteiger partial charge in [0.25, 0.3) is 5.56 Å². The van der Waals surface area contributed by atoms with Crippen molar-refractivity contribution in [3.05, 3.63) is 70.5 Å². The molecule has 3 nitrogen and oxygen atoms in total. The summed E-state index contributed by atoms with van der Waals surface area (Å²) in [7, 11) is 0. The van der Waals surface area contributed by atoms with E-state index in [-0.39, 0.29) is 5.56 Å². The number of para-hydroxylation sites is 1. The van der Waals surface area contributed by atoms with E-state index in [2.05, 4.69) is 9.97 Å². The third kappa shape index (κ3) is 2.27. The van der Waals surface area contributed by atoms with Crippen LogP contribution in [-0.4, -0.2) is 9.97 Å². The van der Waals surface area contributed by atoms with Crippen molar-refractivity contribution in [2.75, 3.05) is 0 Å². The van der Waals surface area contributed by atoms with E-state index in [1.54, 1.807) is 12.1 Å². The molecule has 0 aliphatic heterocycles. The van der Waals surface area contributed by atoms with Crippen molar-refractivity contribution in [3.8, 4) is 11.3 Å². The topological polar surface area (TPSA) is 48.6 Å². The van der Waals surface area contributed by atoms with Gasteiger partial charge >= 0.3 is 6.18 Å². The van der Waals surface area contributed by atoms with Gasteiger partial charge in [0.05, 0.1) is 22.0 Å². The summed E-state index contributed by atoms with van der Waals surface area (Å²) in [6.45, 7) is 0. The molecule has 0 aliphatic carbocycles. The first-order valence-electron chi connectivity index (χ1n) is 7.25. The molecule has 0 aliphatic rings. The predicted octanol–water partition coefficient (Wildman–Crippen LogP) is 4.70. The largest absolute Gasteiger partial charge is 0.416 e. The van der Waals surface area contributed by atoms with Crippen molar-refractivity contribution in [2.45, 2.75) is 6.18 Å². The molecular formula is C18H11F3N2O. The number of benzene rings is 2. The van der Waals surface area contributed by atoms with Crippen LogP contribution < -0.4 is 5.56 Å². The summed E-state index contributed by atoms with van der Waals surface area (Å²) in [6, 6.07) is 13.9. The maximum Gasteiger partial charge on any atom is 0.416 e. The van der Waals surface area contributed by atoms with Crippen LogP contribution in [0.15, 0.2) is 59.4 Å². The number of hydrogen-bond acceptors (Lipinski definition) is 1. The molecule has 0 unspecified atom stereocenters. The second kappa shape index (κ2) is 4.99. The van der Waals surface area contributed by atoms with E-state index in [1.165, 1.54) is 12.1 Å². The van der Waals surface area contributed by atoms with Crippen molar-refractivity contribution in [2.24, 2.45) is 0 Å². The highest BCUT2D eigenvalue weighted by atomic mass is 19.4. The Hall–Kier alpha value is -3.02. The number of halogens is 3. The van der Waals surface area contributed by atoms with Crippen LogP contribution in [0.5, 0.6) is 0 Å². The Morgan fingerprint density at radius 1 is 0.833 bits per heavy atom. The minimum absolute atomic E-state index is 0.238. The molecule has 4 aromatic rings. The second-order valence-corrected chi connectivity index (χ2v) is 5.55. The van der Waals surface area contributed by atoms with Crippen molar-refractivity contribution in [1.29, 1.82) is 0 Å². The summed E-state index contributed by atoms with van der Waals surface area (Å²) < 4.78 is 38.0. The Kier molecular flexibility index (Phi) is 3.03. The van der Waals surface area contributed by atoms with Gasteiger partial charge in [-0.25, -0.2) is 0 Å². The van der Waals surface area contributed by atoms with E-state index in [9.17, 15) is 18.0 Å². The Labute approximate surface area is 133 Å². The van der Waals surface area contributed by atoms with Crippen LogP contribution >= 0.6 is 0 Å². The van der Waals surface area contributed by atoms with Crippen LogP contribution in [0.2, 0.25) is 0 Å². The zero-order valence-corrected chi connectivity index (χ0v) is 12.2. The molecule has 0 amide bonds. The number of hydrogen-bond donors (Lipinski definition) is 2. The van der Waals surface area contributed by atoms with Gasteiger partial charge in [0.15, 0.2) is 0 Å². The standard InChI is InChI=1S/C18H11F3N2O/c19-18(20,21)11-7-5-10(6-8-11)15-9-13-16(22-15)12-3-1-2-4-14(12)23-17(13)24/h1-9,22H,(H,23,24). The highest BCUT2D eigenvalue weighted by molar-refractivity contribution is 6.04. The summed E-state index contributed by atoms with van der Waals surface area (Å²) in [6.07, 6.45) is -4.37. The van der Waals surface area contributed by atoms with Crippen molar-refractivity contribution in [1.82, 2.24) is 9.97 Å². The number of fused-ring (bicyclic) bond motifs is 3. The molecule has 0 fully saturated rings. The Balaban J connectivity index is 1.91. The number of alkyl halides is 3. The Morgan fingerprint density at radius 3 is 2.25 bits per heavy atom. The van der Waals surface area contributed by atoms with Crippen LogP contribution in [0.4, 0.5) is 13.2 Å². The first-order valence-corrected chi connectivity index (χ1v) is 7.25. The van der Waals surface area contributed by atoms with Gasteiger partial charge in [-0.15, -0.1) is 0 Å². The Morgan fingerprint density at radius 2 is 1.54 bits per heavy atom. The van der Waals surface area contributed by atoms with Gasteiger partial charge in [0.1, 0.15) is 0 Å². The van der Waals surface area contributed by atoms with Crippen LogP contribution in [0, 0.1) is 0 Å². The summed E-state index contributed by atoms with van der Waals surface area (Å²) in [5, 5.41) is 1.33. The van der Waals surface area contributed by atoms with Crippen molar-refractivity contribution < 1.29 is 13.2 Å². The molecule has 0 saturated heterocycles. The van der Waals surface area contributed by atoms with Gasteiger partial charge in [-0.1, -0.05) is 30.3 Å². The number of nitrogens with one attached hydrogen (secondary N) is 2. The van der Waals surface area contributed by atoms with E-state index >= 15 is 0 Å². The van der Waals surface area contributed by atoms with Gasteiger partial charge in [-0.3, -0.25) is 4.79 Å². The lowest BCUT2D eigenvalue weighted by atomic mass is 10.1. The summed E-state index contributed by atoms with van der Waals surface area (Å²) in [5.74, 6) is 0. The highest BCUT2D eigenvalue weighted by Gasteiger charge is 2.30. The number of aromatic amines is 2. The molecule has 0 spiro atoms. The number of aromatic nitrogens is 2. The third-order valence-electron chi connectivity index (χ3n) is 4.03. The average molecular weight is 328 g/mol. The first kappa shape index (κ1) is 14.6. The molecule has 0 radical (unpaired) electrons. The number of pyridine rings is 1. The van der Waals surface area contributed by atoms with E-state index in [0.717, 1.165) is 17.5 Å². The lowest BCUT2D eigenvalue weighted by Gasteiger charge is -2.06. The van der Waals surface area contributed by atoms with Crippen LogP contribution in [-0.2, 0) is 6.18 Å². The molecule has 0 saturated carbocycles. The quantitative estimate of drug-likeness (QED) is 0.523. The summed E-state index contributed by atoms with van der Waals surface area (Å²) >= 11 is 0. The van der Waals surface area contributed by atoms with Crippen molar-refractivity contribution >= 4 is 21.8 Å². The summed E-state index contributed by atoms with van der Waals surface area (Å²) in [4.78, 5) is 18.2. The predicted molar refractivity (Wildman–Crippen MR) is 86.9 cm³/mol. The molecule has 24 heavy (non-hydrogen) atoms. The summed E-state index contributed by atoms with van der Waals surface area (Å²) in [5.41, 5.74) is 1.62. The fourth-order valence-electron chi connectivity index (χ4n) is 2.84.